The maximum absolute atomic E-state index is 12.3. The third kappa shape index (κ3) is 4.45. The van der Waals surface area contributed by atoms with Gasteiger partial charge < -0.3 is 11.1 Å². The molecule has 0 atom stereocenters. The number of primary amides is 1. The number of carbonyl (C=O) groups is 2. The monoisotopic (exact) mass is 382 g/mol. The molecule has 130 valence electrons. The molecule has 0 aliphatic rings. The van der Waals surface area contributed by atoms with Gasteiger partial charge in [0.2, 0.25) is 5.91 Å². The largest absolute Gasteiger partial charge is 0.366 e. The number of halogens is 1. The Bertz CT molecular complexity index is 941. The van der Waals surface area contributed by atoms with Crippen molar-refractivity contribution in [1.29, 1.82) is 0 Å². The molecule has 0 aliphatic heterocycles. The van der Waals surface area contributed by atoms with E-state index < -0.39 is 5.91 Å². The van der Waals surface area contributed by atoms with Crippen molar-refractivity contribution in [3.05, 3.63) is 88.9 Å². The Labute approximate surface area is 160 Å². The van der Waals surface area contributed by atoms with Crippen molar-refractivity contribution in [2.75, 3.05) is 5.32 Å². The molecule has 0 radical (unpaired) electrons. The molecule has 0 saturated heterocycles. The lowest BCUT2D eigenvalue weighted by Crippen LogP contribution is -2.14. The predicted octanol–water partition coefficient (Wildman–Crippen LogP) is 4.84. The number of benzene rings is 3. The quantitative estimate of drug-likeness (QED) is 0.663. The lowest BCUT2D eigenvalue weighted by atomic mass is 10.1. The van der Waals surface area contributed by atoms with Crippen LogP contribution in [0.15, 0.2) is 82.6 Å². The minimum absolute atomic E-state index is 0.257. The molecule has 2 amide bonds. The van der Waals surface area contributed by atoms with Crippen molar-refractivity contribution in [3.63, 3.8) is 0 Å². The van der Waals surface area contributed by atoms with Crippen molar-refractivity contribution in [3.8, 4) is 0 Å². The van der Waals surface area contributed by atoms with Gasteiger partial charge in [0.25, 0.3) is 5.91 Å². The van der Waals surface area contributed by atoms with Crippen LogP contribution in [0, 0.1) is 0 Å². The van der Waals surface area contributed by atoms with Crippen LogP contribution in [0.1, 0.15) is 20.7 Å². The summed E-state index contributed by atoms with van der Waals surface area (Å²) in [5.74, 6) is -0.781. The van der Waals surface area contributed by atoms with Crippen molar-refractivity contribution >= 4 is 40.9 Å². The van der Waals surface area contributed by atoms with Gasteiger partial charge in [-0.15, -0.1) is 0 Å². The van der Waals surface area contributed by atoms with Crippen LogP contribution in [0.5, 0.6) is 0 Å². The number of nitrogens with two attached hydrogens (primary N) is 1. The Morgan fingerprint density at radius 3 is 2.08 bits per heavy atom. The van der Waals surface area contributed by atoms with Gasteiger partial charge in [0, 0.05) is 26.6 Å². The van der Waals surface area contributed by atoms with Gasteiger partial charge in [-0.25, -0.2) is 0 Å². The zero-order valence-electron chi connectivity index (χ0n) is 13.6. The molecular formula is C20H15ClN2O2S. The topological polar surface area (TPSA) is 72.2 Å². The number of hydrogen-bond donors (Lipinski definition) is 2. The van der Waals surface area contributed by atoms with Gasteiger partial charge in [0.1, 0.15) is 0 Å². The van der Waals surface area contributed by atoms with Gasteiger partial charge >= 0.3 is 0 Å². The summed E-state index contributed by atoms with van der Waals surface area (Å²) in [7, 11) is 0. The summed E-state index contributed by atoms with van der Waals surface area (Å²) in [6, 6.07) is 21.3. The molecule has 0 saturated carbocycles. The first-order valence-electron chi connectivity index (χ1n) is 7.76. The highest BCUT2D eigenvalue weighted by Crippen LogP contribution is 2.33. The number of carbonyl (C=O) groups excluding carboxylic acids is 2. The number of rotatable bonds is 5. The molecule has 0 aromatic heterocycles. The fourth-order valence-electron chi connectivity index (χ4n) is 2.25. The second kappa shape index (κ2) is 8.08. The molecule has 3 N–H and O–H groups in total. The van der Waals surface area contributed by atoms with Crippen molar-refractivity contribution in [1.82, 2.24) is 0 Å². The highest BCUT2D eigenvalue weighted by Gasteiger charge is 2.08. The number of amides is 2. The van der Waals surface area contributed by atoms with Crippen molar-refractivity contribution < 1.29 is 9.59 Å². The first kappa shape index (κ1) is 18.0. The van der Waals surface area contributed by atoms with E-state index >= 15 is 0 Å². The molecule has 4 nitrogen and oxygen atoms in total. The average molecular weight is 383 g/mol. The first-order valence-corrected chi connectivity index (χ1v) is 8.96. The van der Waals surface area contributed by atoms with Crippen LogP contribution >= 0.6 is 23.4 Å². The van der Waals surface area contributed by atoms with Crippen LogP contribution < -0.4 is 11.1 Å². The molecule has 0 fully saturated rings. The van der Waals surface area contributed by atoms with E-state index in [0.717, 1.165) is 9.79 Å². The predicted molar refractivity (Wildman–Crippen MR) is 105 cm³/mol. The SMILES string of the molecule is NC(=O)c1ccc(C(=O)Nc2ccc(Sc3ccccc3Cl)cc2)cc1. The minimum Gasteiger partial charge on any atom is -0.366 e. The molecule has 0 unspecified atom stereocenters. The second-order valence-corrected chi connectivity index (χ2v) is 6.98. The van der Waals surface area contributed by atoms with E-state index in [0.29, 0.717) is 21.8 Å². The number of anilines is 1. The lowest BCUT2D eigenvalue weighted by molar-refractivity contribution is 0.0995. The van der Waals surface area contributed by atoms with Gasteiger partial charge in [-0.2, -0.15) is 0 Å². The zero-order chi connectivity index (χ0) is 18.5. The van der Waals surface area contributed by atoms with E-state index in [9.17, 15) is 9.59 Å². The zero-order valence-corrected chi connectivity index (χ0v) is 15.2. The minimum atomic E-state index is -0.524. The summed E-state index contributed by atoms with van der Waals surface area (Å²) in [5.41, 5.74) is 6.68. The lowest BCUT2D eigenvalue weighted by Gasteiger charge is -2.08. The standard InChI is InChI=1S/C20H15ClN2O2S/c21-17-3-1-2-4-18(17)26-16-11-9-15(10-12-16)23-20(25)14-7-5-13(6-8-14)19(22)24/h1-12H,(H2,22,24)(H,23,25). The maximum atomic E-state index is 12.3. The van der Waals surface area contributed by atoms with Crippen LogP contribution in [0.3, 0.4) is 0 Å². The summed E-state index contributed by atoms with van der Waals surface area (Å²) < 4.78 is 0. The van der Waals surface area contributed by atoms with E-state index in [1.165, 1.54) is 12.1 Å². The Hall–Kier alpha value is -2.76. The number of hydrogen-bond acceptors (Lipinski definition) is 3. The maximum Gasteiger partial charge on any atom is 0.255 e. The molecule has 3 aromatic carbocycles. The van der Waals surface area contributed by atoms with E-state index in [4.69, 9.17) is 17.3 Å². The Balaban J connectivity index is 1.66. The van der Waals surface area contributed by atoms with Crippen molar-refractivity contribution in [2.45, 2.75) is 9.79 Å². The Morgan fingerprint density at radius 2 is 1.46 bits per heavy atom. The third-order valence-electron chi connectivity index (χ3n) is 3.61. The van der Waals surface area contributed by atoms with Gasteiger partial charge in [-0.3, -0.25) is 9.59 Å². The van der Waals surface area contributed by atoms with E-state index in [-0.39, 0.29) is 5.91 Å². The van der Waals surface area contributed by atoms with Crippen LogP contribution in [0.4, 0.5) is 5.69 Å². The molecular weight excluding hydrogens is 368 g/mol. The van der Waals surface area contributed by atoms with Crippen LogP contribution in [-0.4, -0.2) is 11.8 Å². The Morgan fingerprint density at radius 1 is 0.846 bits per heavy atom. The number of nitrogens with one attached hydrogen (secondary N) is 1. The normalized spacial score (nSPS) is 10.3. The van der Waals surface area contributed by atoms with Gasteiger partial charge in [0.05, 0.1) is 5.02 Å². The fraction of sp³-hybridized carbons (Fsp3) is 0. The van der Waals surface area contributed by atoms with Gasteiger partial charge in [0.15, 0.2) is 0 Å². The molecule has 0 heterocycles. The molecule has 3 aromatic rings. The highest BCUT2D eigenvalue weighted by molar-refractivity contribution is 7.99. The van der Waals surface area contributed by atoms with Crippen LogP contribution in [-0.2, 0) is 0 Å². The Kier molecular flexibility index (Phi) is 5.61. The highest BCUT2D eigenvalue weighted by atomic mass is 35.5. The summed E-state index contributed by atoms with van der Waals surface area (Å²) in [5, 5.41) is 3.52. The van der Waals surface area contributed by atoms with Gasteiger partial charge in [-0.1, -0.05) is 35.5 Å². The van der Waals surface area contributed by atoms with Crippen LogP contribution in [0.25, 0.3) is 0 Å². The summed E-state index contributed by atoms with van der Waals surface area (Å²) in [4.78, 5) is 25.3. The van der Waals surface area contributed by atoms with Crippen LogP contribution in [0.2, 0.25) is 5.02 Å². The van der Waals surface area contributed by atoms with Gasteiger partial charge in [-0.05, 0) is 60.7 Å². The van der Waals surface area contributed by atoms with E-state index in [2.05, 4.69) is 5.32 Å². The van der Waals surface area contributed by atoms with E-state index in [1.54, 1.807) is 23.9 Å². The fourth-order valence-corrected chi connectivity index (χ4v) is 3.34. The third-order valence-corrected chi connectivity index (χ3v) is 5.13. The molecule has 0 spiro atoms. The van der Waals surface area contributed by atoms with Crippen molar-refractivity contribution in [2.24, 2.45) is 5.73 Å². The van der Waals surface area contributed by atoms with E-state index in [1.807, 2.05) is 48.5 Å². The second-order valence-electron chi connectivity index (χ2n) is 5.45. The summed E-state index contributed by atoms with van der Waals surface area (Å²) >= 11 is 7.72. The average Bonchev–Trinajstić information content (AvgIpc) is 2.65. The first-order chi connectivity index (χ1) is 12.5. The molecule has 6 heteroatoms. The smallest absolute Gasteiger partial charge is 0.255 e. The molecule has 0 aliphatic carbocycles. The summed E-state index contributed by atoms with van der Waals surface area (Å²) in [6.45, 7) is 0. The molecule has 3 rings (SSSR count). The summed E-state index contributed by atoms with van der Waals surface area (Å²) in [6.07, 6.45) is 0. The molecule has 26 heavy (non-hydrogen) atoms. The molecule has 0 bridgehead atoms.